The lowest BCUT2D eigenvalue weighted by atomic mass is 9.73. The van der Waals surface area contributed by atoms with E-state index in [0.29, 0.717) is 38.0 Å². The molecule has 2 aromatic carbocycles. The molecule has 4 rings (SSSR count). The van der Waals surface area contributed by atoms with Gasteiger partial charge in [0, 0.05) is 43.4 Å². The lowest BCUT2D eigenvalue weighted by molar-refractivity contribution is -0.131. The van der Waals surface area contributed by atoms with E-state index in [4.69, 9.17) is 4.74 Å². The van der Waals surface area contributed by atoms with Gasteiger partial charge in [-0.2, -0.15) is 0 Å². The number of rotatable bonds is 5. The molecule has 0 saturated carbocycles. The van der Waals surface area contributed by atoms with Crippen molar-refractivity contribution in [3.05, 3.63) is 71.4 Å². The summed E-state index contributed by atoms with van der Waals surface area (Å²) in [6, 6.07) is 10.9. The maximum absolute atomic E-state index is 13.9. The maximum atomic E-state index is 13.9. The van der Waals surface area contributed by atoms with Gasteiger partial charge in [-0.25, -0.2) is 8.78 Å². The normalized spacial score (nSPS) is 17.1. The number of fused-ring (bicyclic) bond motifs is 1. The first-order valence-electron chi connectivity index (χ1n) is 10.3. The first-order valence-corrected chi connectivity index (χ1v) is 10.3. The molecule has 0 aliphatic carbocycles. The maximum Gasteiger partial charge on any atom is 0.231 e. The van der Waals surface area contributed by atoms with Crippen LogP contribution < -0.4 is 5.32 Å². The second-order valence-corrected chi connectivity index (χ2v) is 8.21. The van der Waals surface area contributed by atoms with E-state index in [0.717, 1.165) is 16.5 Å². The predicted molar refractivity (Wildman–Crippen MR) is 112 cm³/mol. The first-order chi connectivity index (χ1) is 14.4. The summed E-state index contributed by atoms with van der Waals surface area (Å²) in [5, 5.41) is 3.98. The Balaban J connectivity index is 1.57. The number of hydrogen-bond acceptors (Lipinski definition) is 2. The number of hydrogen-bond donors (Lipinski definition) is 1. The standard InChI is InChI=1S/C24H26F2N2O2/c1-16(12-17-15-28(2)22-7-6-20(26)14-21(17)22)27-23(29)24(8-10-30-11-9-24)18-4-3-5-19(25)13-18/h3-7,13-16H,8-12H2,1-2H3,(H,27,29)/t16-/m0/s1. The van der Waals surface area contributed by atoms with Crippen molar-refractivity contribution in [2.24, 2.45) is 7.05 Å². The number of carbonyl (C=O) groups excluding carboxylic acids is 1. The van der Waals surface area contributed by atoms with Gasteiger partial charge in [0.1, 0.15) is 11.6 Å². The van der Waals surface area contributed by atoms with E-state index in [9.17, 15) is 13.6 Å². The topological polar surface area (TPSA) is 43.3 Å². The van der Waals surface area contributed by atoms with Crippen molar-refractivity contribution in [3.63, 3.8) is 0 Å². The van der Waals surface area contributed by atoms with Crippen molar-refractivity contribution >= 4 is 16.8 Å². The summed E-state index contributed by atoms with van der Waals surface area (Å²) in [5.41, 5.74) is 1.80. The predicted octanol–water partition coefficient (Wildman–Crippen LogP) is 4.25. The number of aromatic nitrogens is 1. The van der Waals surface area contributed by atoms with Gasteiger partial charge >= 0.3 is 0 Å². The number of carbonyl (C=O) groups is 1. The largest absolute Gasteiger partial charge is 0.381 e. The number of nitrogens with zero attached hydrogens (tertiary/aromatic N) is 1. The Morgan fingerprint density at radius 2 is 1.90 bits per heavy atom. The third-order valence-corrected chi connectivity index (χ3v) is 6.10. The average Bonchev–Trinajstić information content (AvgIpc) is 3.02. The van der Waals surface area contributed by atoms with Gasteiger partial charge in [-0.1, -0.05) is 12.1 Å². The molecule has 1 amide bonds. The van der Waals surface area contributed by atoms with E-state index in [1.807, 2.05) is 30.8 Å². The van der Waals surface area contributed by atoms with Crippen molar-refractivity contribution in [2.45, 2.75) is 37.6 Å². The monoisotopic (exact) mass is 412 g/mol. The highest BCUT2D eigenvalue weighted by Gasteiger charge is 2.42. The quantitative estimate of drug-likeness (QED) is 0.681. The molecule has 6 heteroatoms. The van der Waals surface area contributed by atoms with Crippen LogP contribution in [0.5, 0.6) is 0 Å². The molecule has 2 heterocycles. The van der Waals surface area contributed by atoms with E-state index in [1.54, 1.807) is 12.1 Å². The van der Waals surface area contributed by atoms with E-state index in [2.05, 4.69) is 5.32 Å². The molecule has 1 aromatic heterocycles. The van der Waals surface area contributed by atoms with Gasteiger partial charge < -0.3 is 14.6 Å². The minimum Gasteiger partial charge on any atom is -0.381 e. The summed E-state index contributed by atoms with van der Waals surface area (Å²) < 4.78 is 35.1. The number of aryl methyl sites for hydroxylation is 1. The second-order valence-electron chi connectivity index (χ2n) is 8.21. The molecular weight excluding hydrogens is 386 g/mol. The zero-order chi connectivity index (χ0) is 21.3. The number of nitrogens with one attached hydrogen (secondary N) is 1. The van der Waals surface area contributed by atoms with Gasteiger partial charge in [-0.05, 0) is 67.6 Å². The summed E-state index contributed by atoms with van der Waals surface area (Å²) in [5.74, 6) is -0.744. The molecule has 0 radical (unpaired) electrons. The summed E-state index contributed by atoms with van der Waals surface area (Å²) in [4.78, 5) is 13.4. The number of benzene rings is 2. The molecule has 0 unspecified atom stereocenters. The van der Waals surface area contributed by atoms with E-state index in [-0.39, 0.29) is 23.6 Å². The van der Waals surface area contributed by atoms with Crippen molar-refractivity contribution in [3.8, 4) is 0 Å². The highest BCUT2D eigenvalue weighted by atomic mass is 19.1. The third-order valence-electron chi connectivity index (χ3n) is 6.10. The van der Waals surface area contributed by atoms with Gasteiger partial charge in [0.2, 0.25) is 5.91 Å². The summed E-state index contributed by atoms with van der Waals surface area (Å²) >= 11 is 0. The summed E-state index contributed by atoms with van der Waals surface area (Å²) in [6.45, 7) is 2.86. The van der Waals surface area contributed by atoms with E-state index >= 15 is 0 Å². The van der Waals surface area contributed by atoms with Crippen LogP contribution in [0.4, 0.5) is 8.78 Å². The molecule has 0 bridgehead atoms. The average molecular weight is 412 g/mol. The molecule has 158 valence electrons. The Morgan fingerprint density at radius 3 is 2.63 bits per heavy atom. The lowest BCUT2D eigenvalue weighted by Gasteiger charge is -2.37. The van der Waals surface area contributed by atoms with E-state index < -0.39 is 5.41 Å². The minimum atomic E-state index is -0.806. The van der Waals surface area contributed by atoms with Crippen molar-refractivity contribution in [2.75, 3.05) is 13.2 Å². The molecule has 0 spiro atoms. The molecular formula is C24H26F2N2O2. The molecule has 30 heavy (non-hydrogen) atoms. The van der Waals surface area contributed by atoms with Crippen LogP contribution in [0, 0.1) is 11.6 Å². The van der Waals surface area contributed by atoms with Gasteiger partial charge in [0.15, 0.2) is 0 Å². The zero-order valence-corrected chi connectivity index (χ0v) is 17.3. The van der Waals surface area contributed by atoms with Crippen LogP contribution >= 0.6 is 0 Å². The molecule has 3 aromatic rings. The second kappa shape index (κ2) is 8.19. The van der Waals surface area contributed by atoms with Crippen LogP contribution in [-0.2, 0) is 28.4 Å². The zero-order valence-electron chi connectivity index (χ0n) is 17.3. The van der Waals surface area contributed by atoms with Gasteiger partial charge in [0.25, 0.3) is 0 Å². The Hall–Kier alpha value is -2.73. The first kappa shape index (κ1) is 20.5. The highest BCUT2D eigenvalue weighted by molar-refractivity contribution is 5.89. The fourth-order valence-corrected chi connectivity index (χ4v) is 4.50. The van der Waals surface area contributed by atoms with Gasteiger partial charge in [0.05, 0.1) is 5.41 Å². The number of halogens is 2. The molecule has 1 saturated heterocycles. The third kappa shape index (κ3) is 3.84. The smallest absolute Gasteiger partial charge is 0.231 e. The van der Waals surface area contributed by atoms with E-state index in [1.165, 1.54) is 24.3 Å². The molecule has 1 atom stereocenters. The fourth-order valence-electron chi connectivity index (χ4n) is 4.50. The van der Waals surface area contributed by atoms with Crippen LogP contribution in [0.3, 0.4) is 0 Å². The Kier molecular flexibility index (Phi) is 5.60. The SMILES string of the molecule is C[C@@H](Cc1cn(C)c2ccc(F)cc12)NC(=O)C1(c2cccc(F)c2)CCOCC1. The molecule has 1 fully saturated rings. The number of amides is 1. The van der Waals surface area contributed by atoms with Crippen LogP contribution in [-0.4, -0.2) is 29.7 Å². The molecule has 1 aliphatic heterocycles. The van der Waals surface area contributed by atoms with Crippen molar-refractivity contribution in [1.29, 1.82) is 0 Å². The Bertz CT molecular complexity index is 1070. The number of ether oxygens (including phenoxy) is 1. The lowest BCUT2D eigenvalue weighted by Crippen LogP contribution is -2.50. The Morgan fingerprint density at radius 1 is 1.17 bits per heavy atom. The van der Waals surface area contributed by atoms with Crippen molar-refractivity contribution in [1.82, 2.24) is 9.88 Å². The van der Waals surface area contributed by atoms with Crippen LogP contribution in [0.2, 0.25) is 0 Å². The molecule has 1 aliphatic rings. The fraction of sp³-hybridized carbons (Fsp3) is 0.375. The molecule has 4 nitrogen and oxygen atoms in total. The van der Waals surface area contributed by atoms with Crippen LogP contribution in [0.25, 0.3) is 10.9 Å². The van der Waals surface area contributed by atoms with Gasteiger partial charge in [-0.3, -0.25) is 4.79 Å². The highest BCUT2D eigenvalue weighted by Crippen LogP contribution is 2.36. The van der Waals surface area contributed by atoms with Gasteiger partial charge in [-0.15, -0.1) is 0 Å². The van der Waals surface area contributed by atoms with Crippen LogP contribution in [0.15, 0.2) is 48.7 Å². The summed E-state index contributed by atoms with van der Waals surface area (Å²) in [6.07, 6.45) is 3.56. The van der Waals surface area contributed by atoms with Crippen molar-refractivity contribution < 1.29 is 18.3 Å². The molecule has 1 N–H and O–H groups in total. The van der Waals surface area contributed by atoms with Crippen LogP contribution in [0.1, 0.15) is 30.9 Å². The minimum absolute atomic E-state index is 0.115. The Labute approximate surface area is 174 Å². The summed E-state index contributed by atoms with van der Waals surface area (Å²) in [7, 11) is 1.92.